The molecule has 1 spiro atoms. The molecule has 3 unspecified atom stereocenters. The standard InChI is InChI=1S/C20H20N8O/c1-11-25-27-28(26-11)9-12-2-4-13(5-3-12)17-15-8-16(23-18(29)14-6-7-14)24-19-20(15,17)22-10-21-19/h2-5,8,10,14-15,17H,6-7,9H2,1H3,(H,23,29)(H,21,22,24). The van der Waals surface area contributed by atoms with Crippen LogP contribution in [0.15, 0.2) is 46.1 Å². The third-order valence-corrected chi connectivity index (χ3v) is 6.09. The fourth-order valence-corrected chi connectivity index (χ4v) is 4.42. The van der Waals surface area contributed by atoms with Gasteiger partial charge in [-0.1, -0.05) is 24.3 Å². The van der Waals surface area contributed by atoms with Gasteiger partial charge in [-0.05, 0) is 42.2 Å². The van der Waals surface area contributed by atoms with Gasteiger partial charge in [0.15, 0.2) is 5.82 Å². The molecule has 2 aliphatic carbocycles. The first-order valence-electron chi connectivity index (χ1n) is 9.88. The molecule has 4 aliphatic rings. The average Bonchev–Trinajstić information content (AvgIpc) is 3.57. The van der Waals surface area contributed by atoms with Gasteiger partial charge in [-0.2, -0.15) is 4.80 Å². The Labute approximate surface area is 167 Å². The molecule has 1 amide bonds. The van der Waals surface area contributed by atoms with Crippen LogP contribution < -0.4 is 10.6 Å². The van der Waals surface area contributed by atoms with Crippen LogP contribution in [0.5, 0.6) is 0 Å². The lowest BCUT2D eigenvalue weighted by atomic mass is 10.0. The van der Waals surface area contributed by atoms with E-state index >= 15 is 0 Å². The van der Waals surface area contributed by atoms with E-state index in [0.29, 0.717) is 12.4 Å². The highest BCUT2D eigenvalue weighted by atomic mass is 16.2. The zero-order valence-corrected chi connectivity index (χ0v) is 15.9. The molecular formula is C20H20N8O. The van der Waals surface area contributed by atoms with Gasteiger partial charge in [-0.3, -0.25) is 9.79 Å². The van der Waals surface area contributed by atoms with Gasteiger partial charge in [0, 0.05) is 17.8 Å². The van der Waals surface area contributed by atoms with Gasteiger partial charge in [0.25, 0.3) is 0 Å². The largest absolute Gasteiger partial charge is 0.328 e. The van der Waals surface area contributed by atoms with Gasteiger partial charge >= 0.3 is 0 Å². The second kappa shape index (κ2) is 5.82. The molecular weight excluding hydrogens is 368 g/mol. The SMILES string of the molecule is Cc1nnn(Cc2ccc(C3C4C=C(NC(=O)C5CC5)NC5=NC=NC543)cc2)n1. The minimum absolute atomic E-state index is 0.0919. The maximum absolute atomic E-state index is 12.1. The smallest absolute Gasteiger partial charge is 0.228 e. The van der Waals surface area contributed by atoms with Crippen LogP contribution in [0, 0.1) is 18.8 Å². The van der Waals surface area contributed by atoms with Crippen molar-refractivity contribution in [2.45, 2.75) is 37.8 Å². The van der Waals surface area contributed by atoms with E-state index in [1.54, 1.807) is 11.1 Å². The van der Waals surface area contributed by atoms with Crippen molar-refractivity contribution in [3.05, 3.63) is 53.1 Å². The number of aryl methyl sites for hydroxylation is 1. The van der Waals surface area contributed by atoms with Gasteiger partial charge < -0.3 is 10.6 Å². The van der Waals surface area contributed by atoms with Gasteiger partial charge in [0.05, 0.1) is 6.54 Å². The number of aromatic nitrogens is 4. The van der Waals surface area contributed by atoms with Crippen molar-refractivity contribution < 1.29 is 4.79 Å². The number of hydrogen-bond acceptors (Lipinski definition) is 7. The molecule has 3 heterocycles. The first-order chi connectivity index (χ1) is 14.1. The third-order valence-electron chi connectivity index (χ3n) is 6.09. The van der Waals surface area contributed by atoms with Gasteiger partial charge in [-0.15, -0.1) is 10.2 Å². The van der Waals surface area contributed by atoms with Crippen LogP contribution in [0.25, 0.3) is 0 Å². The average molecular weight is 388 g/mol. The minimum atomic E-state index is -0.347. The zero-order chi connectivity index (χ0) is 19.6. The van der Waals surface area contributed by atoms with Crippen LogP contribution >= 0.6 is 0 Å². The summed E-state index contributed by atoms with van der Waals surface area (Å²) in [5.41, 5.74) is 1.98. The Kier molecular flexibility index (Phi) is 3.33. The minimum Gasteiger partial charge on any atom is -0.328 e. The number of amides is 1. The molecule has 0 bridgehead atoms. The van der Waals surface area contributed by atoms with E-state index in [9.17, 15) is 4.79 Å². The predicted molar refractivity (Wildman–Crippen MR) is 105 cm³/mol. The van der Waals surface area contributed by atoms with Crippen molar-refractivity contribution >= 4 is 18.1 Å². The number of tetrazole rings is 1. The van der Waals surface area contributed by atoms with E-state index < -0.39 is 0 Å². The van der Waals surface area contributed by atoms with E-state index in [1.807, 2.05) is 6.92 Å². The van der Waals surface area contributed by atoms with Gasteiger partial charge in [0.1, 0.15) is 23.5 Å². The molecule has 1 aromatic heterocycles. The highest BCUT2D eigenvalue weighted by molar-refractivity contribution is 6.07. The van der Waals surface area contributed by atoms with Crippen LogP contribution in [0.2, 0.25) is 0 Å². The lowest BCUT2D eigenvalue weighted by Crippen LogP contribution is -2.43. The zero-order valence-electron chi connectivity index (χ0n) is 15.9. The lowest BCUT2D eigenvalue weighted by molar-refractivity contribution is -0.121. The number of rotatable bonds is 5. The van der Waals surface area contributed by atoms with Crippen molar-refractivity contribution in [1.29, 1.82) is 0 Å². The number of amidine groups is 1. The Morgan fingerprint density at radius 3 is 2.86 bits per heavy atom. The molecule has 146 valence electrons. The molecule has 9 nitrogen and oxygen atoms in total. The van der Waals surface area contributed by atoms with Crippen LogP contribution in [0.4, 0.5) is 0 Å². The van der Waals surface area contributed by atoms with Crippen LogP contribution in [0.3, 0.4) is 0 Å². The summed E-state index contributed by atoms with van der Waals surface area (Å²) in [7, 11) is 0. The normalized spacial score (nSPS) is 28.7. The Bertz CT molecular complexity index is 1090. The predicted octanol–water partition coefficient (Wildman–Crippen LogP) is 0.893. The molecule has 29 heavy (non-hydrogen) atoms. The Morgan fingerprint density at radius 1 is 1.31 bits per heavy atom. The van der Waals surface area contributed by atoms with E-state index in [-0.39, 0.29) is 29.2 Å². The van der Waals surface area contributed by atoms with E-state index in [4.69, 9.17) is 4.99 Å². The second-order valence-electron chi connectivity index (χ2n) is 8.13. The molecule has 3 atom stereocenters. The van der Waals surface area contributed by atoms with Crippen molar-refractivity contribution in [3.63, 3.8) is 0 Å². The van der Waals surface area contributed by atoms with E-state index in [1.165, 1.54) is 5.56 Å². The lowest BCUT2D eigenvalue weighted by Gasteiger charge is -2.20. The summed E-state index contributed by atoms with van der Waals surface area (Å²) >= 11 is 0. The van der Waals surface area contributed by atoms with Crippen molar-refractivity contribution in [2.75, 3.05) is 0 Å². The third kappa shape index (κ3) is 2.60. The number of carbonyl (C=O) groups excluding carboxylic acids is 1. The first kappa shape index (κ1) is 16.6. The van der Waals surface area contributed by atoms with Crippen molar-refractivity contribution in [3.8, 4) is 0 Å². The summed E-state index contributed by atoms with van der Waals surface area (Å²) in [5, 5.41) is 18.5. The van der Waals surface area contributed by atoms with Crippen LogP contribution in [0.1, 0.15) is 35.7 Å². The number of benzene rings is 1. The summed E-state index contributed by atoms with van der Waals surface area (Å²) in [6.45, 7) is 2.41. The highest BCUT2D eigenvalue weighted by Gasteiger charge is 2.70. The number of hydrogen-bond donors (Lipinski definition) is 2. The fraction of sp³-hybridized carbons (Fsp3) is 0.400. The molecule has 1 aromatic carbocycles. The van der Waals surface area contributed by atoms with Crippen LogP contribution in [-0.4, -0.2) is 43.8 Å². The molecule has 0 radical (unpaired) electrons. The van der Waals surface area contributed by atoms with E-state index in [0.717, 1.165) is 30.1 Å². The summed E-state index contributed by atoms with van der Waals surface area (Å²) < 4.78 is 0. The van der Waals surface area contributed by atoms with Crippen LogP contribution in [-0.2, 0) is 11.3 Å². The highest BCUT2D eigenvalue weighted by Crippen LogP contribution is 2.63. The monoisotopic (exact) mass is 388 g/mol. The van der Waals surface area contributed by atoms with Crippen molar-refractivity contribution in [2.24, 2.45) is 21.8 Å². The summed E-state index contributed by atoms with van der Waals surface area (Å²) in [4.78, 5) is 22.9. The number of carbonyl (C=O) groups is 1. The molecule has 2 aliphatic heterocycles. The fourth-order valence-electron chi connectivity index (χ4n) is 4.42. The number of aliphatic imine (C=N–C) groups is 2. The summed E-state index contributed by atoms with van der Waals surface area (Å²) in [5.74, 6) is 2.89. The summed E-state index contributed by atoms with van der Waals surface area (Å²) in [6, 6.07) is 8.46. The van der Waals surface area contributed by atoms with Crippen molar-refractivity contribution in [1.82, 2.24) is 30.8 Å². The number of nitrogens with one attached hydrogen (secondary N) is 2. The first-order valence-corrected chi connectivity index (χ1v) is 9.88. The second-order valence-corrected chi connectivity index (χ2v) is 8.13. The molecule has 2 saturated carbocycles. The van der Waals surface area contributed by atoms with E-state index in [2.05, 4.69) is 61.4 Å². The topological polar surface area (TPSA) is 109 Å². The number of nitrogens with zero attached hydrogens (tertiary/aromatic N) is 6. The molecule has 9 heteroatoms. The quantitative estimate of drug-likeness (QED) is 0.791. The van der Waals surface area contributed by atoms with Gasteiger partial charge in [-0.25, -0.2) is 4.99 Å². The molecule has 6 rings (SSSR count). The Hall–Kier alpha value is -3.36. The summed E-state index contributed by atoms with van der Waals surface area (Å²) in [6.07, 6.45) is 5.69. The molecule has 2 aromatic rings. The Balaban J connectivity index is 1.23. The molecule has 2 N–H and O–H groups in total. The Morgan fingerprint density at radius 2 is 2.14 bits per heavy atom. The molecule has 2 fully saturated rings. The maximum atomic E-state index is 12.1. The maximum Gasteiger partial charge on any atom is 0.228 e. The molecule has 0 saturated heterocycles. The van der Waals surface area contributed by atoms with Gasteiger partial charge in [0.2, 0.25) is 5.91 Å².